The maximum atomic E-state index is 12.6. The van der Waals surface area contributed by atoms with E-state index in [1.54, 1.807) is 12.1 Å². The van der Waals surface area contributed by atoms with Crippen molar-refractivity contribution in [3.8, 4) is 5.75 Å². The van der Waals surface area contributed by atoms with Gasteiger partial charge in [-0.05, 0) is 56.4 Å². The largest absolute Gasteiger partial charge is 0.491 e. The second-order valence-electron chi connectivity index (χ2n) is 6.57. The molecule has 3 rings (SSSR count). The number of benzene rings is 2. The molecule has 0 aliphatic rings. The molecule has 1 N–H and O–H groups in total. The van der Waals surface area contributed by atoms with Crippen LogP contribution in [0.3, 0.4) is 0 Å². The Morgan fingerprint density at radius 2 is 2.04 bits per heavy atom. The summed E-state index contributed by atoms with van der Waals surface area (Å²) < 4.78 is 28.3. The van der Waals surface area contributed by atoms with Crippen LogP contribution in [0.5, 0.6) is 5.75 Å². The number of halogens is 1. The van der Waals surface area contributed by atoms with E-state index in [0.717, 1.165) is 22.2 Å². The monoisotopic (exact) mass is 402 g/mol. The Labute approximate surface area is 167 Å². The van der Waals surface area contributed by atoms with Gasteiger partial charge in [-0.15, -0.1) is 0 Å². The first-order chi connectivity index (χ1) is 13.5. The van der Waals surface area contributed by atoms with Crippen molar-refractivity contribution in [1.29, 1.82) is 0 Å². The minimum absolute atomic E-state index is 0.0245. The van der Waals surface area contributed by atoms with Gasteiger partial charge in [-0.25, -0.2) is 13.5 Å². The van der Waals surface area contributed by atoms with Gasteiger partial charge in [0.25, 0.3) is 0 Å². The summed E-state index contributed by atoms with van der Waals surface area (Å²) in [7, 11) is 3.92. The van der Waals surface area contributed by atoms with E-state index in [1.165, 1.54) is 12.1 Å². The third kappa shape index (κ3) is 4.85. The summed E-state index contributed by atoms with van der Waals surface area (Å²) >= 11 is 1.48. The van der Waals surface area contributed by atoms with Crippen LogP contribution in [0.1, 0.15) is 16.7 Å². The van der Waals surface area contributed by atoms with Gasteiger partial charge in [-0.2, -0.15) is 0 Å². The fraction of sp³-hybridized carbons (Fsp3) is 0.286. The van der Waals surface area contributed by atoms with E-state index in [9.17, 15) is 9.18 Å². The Morgan fingerprint density at radius 3 is 2.79 bits per heavy atom. The second kappa shape index (κ2) is 9.12. The summed E-state index contributed by atoms with van der Waals surface area (Å²) in [5.41, 5.74) is 3.57. The molecule has 1 aromatic heterocycles. The molecule has 0 unspecified atom stereocenters. The normalized spacial score (nSPS) is 11.2. The molecule has 28 heavy (non-hydrogen) atoms. The predicted octanol–water partition coefficient (Wildman–Crippen LogP) is 4.58. The van der Waals surface area contributed by atoms with Crippen LogP contribution in [-0.2, 0) is 6.42 Å². The van der Waals surface area contributed by atoms with Crippen molar-refractivity contribution in [2.45, 2.75) is 13.3 Å². The van der Waals surface area contributed by atoms with Gasteiger partial charge in [0.2, 0.25) is 0 Å². The average Bonchev–Trinajstić information content (AvgIpc) is 2.68. The van der Waals surface area contributed by atoms with E-state index >= 15 is 0 Å². The van der Waals surface area contributed by atoms with Crippen LogP contribution in [0.15, 0.2) is 51.7 Å². The molecule has 148 valence electrons. The number of anilines is 1. The topological polar surface area (TPSA) is 54.7 Å². The van der Waals surface area contributed by atoms with E-state index in [1.807, 2.05) is 55.7 Å². The molecule has 0 saturated carbocycles. The van der Waals surface area contributed by atoms with E-state index in [-0.39, 0.29) is 12.2 Å². The molecule has 0 radical (unpaired) electrons. The van der Waals surface area contributed by atoms with Crippen molar-refractivity contribution in [2.75, 3.05) is 32.1 Å². The van der Waals surface area contributed by atoms with Gasteiger partial charge in [-0.1, -0.05) is 12.1 Å². The zero-order valence-corrected chi connectivity index (χ0v) is 16.9. The molecule has 0 aliphatic carbocycles. The Balaban J connectivity index is 1.89. The summed E-state index contributed by atoms with van der Waals surface area (Å²) in [5.74, 6) is 0.484. The summed E-state index contributed by atoms with van der Waals surface area (Å²) in [4.78, 5) is 12.6. The molecule has 7 heteroatoms. The molecule has 0 atom stereocenters. The first kappa shape index (κ1) is 20.2. The zero-order chi connectivity index (χ0) is 20.1. The lowest BCUT2D eigenvalue weighted by Crippen LogP contribution is -2.11. The van der Waals surface area contributed by atoms with Crippen LogP contribution in [0.2, 0.25) is 0 Å². The number of aryl methyl sites for hydroxylation is 1. The zero-order valence-electron chi connectivity index (χ0n) is 16.1. The standard InChI is InChI=1S/C21H23FN2O3S/c1-14-18-8-7-17(26-10-9-22)13-20(18)27-21(25)19(14)12-15-5-4-6-16(11-15)23-28-24(2)3/h4-8,11,13,23H,9-10,12H2,1-3H3. The lowest BCUT2D eigenvalue weighted by molar-refractivity contribution is 0.273. The van der Waals surface area contributed by atoms with E-state index in [0.29, 0.717) is 23.3 Å². The number of hydrogen-bond acceptors (Lipinski definition) is 6. The maximum absolute atomic E-state index is 12.6. The molecule has 0 amide bonds. The summed E-state index contributed by atoms with van der Waals surface area (Å²) in [6, 6.07) is 13.2. The van der Waals surface area contributed by atoms with E-state index in [2.05, 4.69) is 4.72 Å². The van der Waals surface area contributed by atoms with Crippen molar-refractivity contribution in [3.63, 3.8) is 0 Å². The van der Waals surface area contributed by atoms with Gasteiger partial charge >= 0.3 is 5.63 Å². The first-order valence-corrected chi connectivity index (χ1v) is 9.69. The van der Waals surface area contributed by atoms with Crippen LogP contribution in [-0.4, -0.2) is 31.7 Å². The summed E-state index contributed by atoms with van der Waals surface area (Å²) in [6.45, 7) is 1.32. The quantitative estimate of drug-likeness (QED) is 0.440. The minimum Gasteiger partial charge on any atom is -0.491 e. The third-order valence-corrected chi connectivity index (χ3v) is 4.95. The van der Waals surface area contributed by atoms with E-state index < -0.39 is 6.67 Å². The highest BCUT2D eigenvalue weighted by Gasteiger charge is 2.13. The van der Waals surface area contributed by atoms with E-state index in [4.69, 9.17) is 9.15 Å². The Bertz CT molecular complexity index is 1020. The molecule has 0 bridgehead atoms. The molecule has 0 spiro atoms. The van der Waals surface area contributed by atoms with Gasteiger partial charge in [0.1, 0.15) is 24.6 Å². The predicted molar refractivity (Wildman–Crippen MR) is 113 cm³/mol. The molecule has 0 fully saturated rings. The van der Waals surface area contributed by atoms with Gasteiger partial charge in [0.15, 0.2) is 0 Å². The first-order valence-electron chi connectivity index (χ1n) is 8.92. The van der Waals surface area contributed by atoms with Crippen LogP contribution in [0.25, 0.3) is 11.0 Å². The molecule has 0 saturated heterocycles. The van der Waals surface area contributed by atoms with Crippen molar-refractivity contribution < 1.29 is 13.5 Å². The number of hydrogen-bond donors (Lipinski definition) is 1. The van der Waals surface area contributed by atoms with Crippen molar-refractivity contribution in [3.05, 3.63) is 69.6 Å². The van der Waals surface area contributed by atoms with Gasteiger partial charge in [0.05, 0.1) is 0 Å². The maximum Gasteiger partial charge on any atom is 0.340 e. The number of fused-ring (bicyclic) bond motifs is 1. The Hall–Kier alpha value is -2.51. The highest BCUT2D eigenvalue weighted by atomic mass is 32.2. The fourth-order valence-electron chi connectivity index (χ4n) is 2.92. The van der Waals surface area contributed by atoms with Crippen LogP contribution < -0.4 is 15.1 Å². The minimum atomic E-state index is -0.569. The number of alkyl halides is 1. The van der Waals surface area contributed by atoms with Crippen LogP contribution >= 0.6 is 12.1 Å². The number of nitrogens with one attached hydrogen (secondary N) is 1. The van der Waals surface area contributed by atoms with Gasteiger partial charge in [0, 0.05) is 41.3 Å². The molecular formula is C21H23FN2O3S. The highest BCUT2D eigenvalue weighted by molar-refractivity contribution is 7.98. The lowest BCUT2D eigenvalue weighted by atomic mass is 9.99. The lowest BCUT2D eigenvalue weighted by Gasteiger charge is -2.12. The average molecular weight is 402 g/mol. The Morgan fingerprint density at radius 1 is 1.21 bits per heavy atom. The summed E-state index contributed by atoms with van der Waals surface area (Å²) in [6.07, 6.45) is 0.479. The Kier molecular flexibility index (Phi) is 6.59. The second-order valence-corrected chi connectivity index (χ2v) is 7.69. The van der Waals surface area contributed by atoms with Crippen LogP contribution in [0.4, 0.5) is 10.1 Å². The van der Waals surface area contributed by atoms with Crippen molar-refractivity contribution in [2.24, 2.45) is 0 Å². The van der Waals surface area contributed by atoms with Gasteiger partial charge < -0.3 is 13.9 Å². The van der Waals surface area contributed by atoms with Crippen LogP contribution in [0, 0.1) is 6.92 Å². The summed E-state index contributed by atoms with van der Waals surface area (Å²) in [5, 5.41) is 0.847. The molecule has 2 aromatic carbocycles. The smallest absolute Gasteiger partial charge is 0.340 e. The third-order valence-electron chi connectivity index (χ3n) is 4.26. The number of rotatable bonds is 8. The molecular weight excluding hydrogens is 379 g/mol. The number of ether oxygens (including phenoxy) is 1. The van der Waals surface area contributed by atoms with Crippen molar-refractivity contribution in [1.82, 2.24) is 4.31 Å². The molecule has 1 heterocycles. The highest BCUT2D eigenvalue weighted by Crippen LogP contribution is 2.26. The molecule has 3 aromatic rings. The molecule has 0 aliphatic heterocycles. The molecule has 5 nitrogen and oxygen atoms in total. The van der Waals surface area contributed by atoms with Gasteiger partial charge in [-0.3, -0.25) is 0 Å². The SMILES string of the molecule is Cc1c(Cc2cccc(NSN(C)C)c2)c(=O)oc2cc(OCCF)ccc12. The fourth-order valence-corrected chi connectivity index (χ4v) is 3.33. The van der Waals surface area contributed by atoms with Crippen molar-refractivity contribution >= 4 is 28.8 Å². The number of nitrogens with zero attached hydrogens (tertiary/aromatic N) is 1.